The van der Waals surface area contributed by atoms with Crippen LogP contribution in [0.25, 0.3) is 27.6 Å². The van der Waals surface area contributed by atoms with Crippen molar-refractivity contribution in [1.29, 1.82) is 0 Å². The third-order valence-corrected chi connectivity index (χ3v) is 4.08. The minimum atomic E-state index is 0.934. The summed E-state index contributed by atoms with van der Waals surface area (Å²) < 4.78 is 0. The zero-order chi connectivity index (χ0) is 12.8. The molecule has 1 aliphatic carbocycles. The maximum Gasteiger partial charge on any atom is 0.0359 e. The Kier molecular flexibility index (Phi) is 2.16. The van der Waals surface area contributed by atoms with E-state index in [-0.39, 0.29) is 0 Å². The van der Waals surface area contributed by atoms with Crippen molar-refractivity contribution >= 4 is 33.3 Å². The molecule has 0 heterocycles. The average Bonchev–Trinajstić information content (AvgIpc) is 2.47. The molecule has 0 amide bonds. The van der Waals surface area contributed by atoms with Crippen LogP contribution in [0, 0.1) is 0 Å². The van der Waals surface area contributed by atoms with Crippen molar-refractivity contribution in [2.75, 3.05) is 5.73 Å². The minimum absolute atomic E-state index is 0.934. The summed E-state index contributed by atoms with van der Waals surface area (Å²) in [5.74, 6) is 0. The first-order valence-electron chi connectivity index (χ1n) is 6.74. The summed E-state index contributed by atoms with van der Waals surface area (Å²) in [7, 11) is 0. The van der Waals surface area contributed by atoms with Crippen LogP contribution in [0.2, 0.25) is 0 Å². The van der Waals surface area contributed by atoms with E-state index >= 15 is 0 Å². The highest BCUT2D eigenvalue weighted by molar-refractivity contribution is 6.11. The van der Waals surface area contributed by atoms with Gasteiger partial charge in [-0.2, -0.15) is 0 Å². The lowest BCUT2D eigenvalue weighted by atomic mass is 9.89. The van der Waals surface area contributed by atoms with Crippen LogP contribution < -0.4 is 5.73 Å². The topological polar surface area (TPSA) is 26.0 Å². The number of rotatable bonds is 0. The molecule has 3 aromatic rings. The molecule has 2 N–H and O–H groups in total. The minimum Gasteiger partial charge on any atom is -0.398 e. The van der Waals surface area contributed by atoms with E-state index in [0.29, 0.717) is 0 Å². The molecule has 0 aromatic heterocycles. The fourth-order valence-electron chi connectivity index (χ4n) is 3.14. The van der Waals surface area contributed by atoms with Crippen LogP contribution in [0.1, 0.15) is 17.5 Å². The van der Waals surface area contributed by atoms with Gasteiger partial charge >= 0.3 is 0 Å². The zero-order valence-corrected chi connectivity index (χ0v) is 10.7. The van der Waals surface area contributed by atoms with Crippen LogP contribution in [-0.2, 0) is 6.42 Å². The van der Waals surface area contributed by atoms with Gasteiger partial charge in [-0.15, -0.1) is 0 Å². The Balaban J connectivity index is 2.23. The molecule has 0 unspecified atom stereocenters. The van der Waals surface area contributed by atoms with Crippen molar-refractivity contribution < 1.29 is 0 Å². The quantitative estimate of drug-likeness (QED) is 0.457. The van der Waals surface area contributed by atoms with Crippen LogP contribution in [0.5, 0.6) is 0 Å². The Morgan fingerprint density at radius 2 is 1.79 bits per heavy atom. The van der Waals surface area contributed by atoms with Crippen LogP contribution >= 0.6 is 0 Å². The molecule has 0 bridgehead atoms. The van der Waals surface area contributed by atoms with Crippen LogP contribution in [0.4, 0.5) is 5.69 Å². The van der Waals surface area contributed by atoms with Crippen molar-refractivity contribution in [2.45, 2.75) is 12.8 Å². The van der Waals surface area contributed by atoms with Crippen LogP contribution in [0.3, 0.4) is 0 Å². The summed E-state index contributed by atoms with van der Waals surface area (Å²) >= 11 is 0. The van der Waals surface area contributed by atoms with Gasteiger partial charge in [-0.05, 0) is 51.6 Å². The Morgan fingerprint density at radius 3 is 2.74 bits per heavy atom. The van der Waals surface area contributed by atoms with Gasteiger partial charge in [0.1, 0.15) is 0 Å². The van der Waals surface area contributed by atoms with Gasteiger partial charge in [0.2, 0.25) is 0 Å². The van der Waals surface area contributed by atoms with E-state index in [4.69, 9.17) is 5.73 Å². The number of benzene rings is 3. The van der Waals surface area contributed by atoms with E-state index in [9.17, 15) is 0 Å². The van der Waals surface area contributed by atoms with Crippen molar-refractivity contribution in [1.82, 2.24) is 0 Å². The lowest BCUT2D eigenvalue weighted by Gasteiger charge is -2.17. The molecule has 4 rings (SSSR count). The molecule has 0 atom stereocenters. The van der Waals surface area contributed by atoms with Crippen molar-refractivity contribution in [3.63, 3.8) is 0 Å². The monoisotopic (exact) mass is 245 g/mol. The maximum absolute atomic E-state index is 6.26. The smallest absolute Gasteiger partial charge is 0.0359 e. The molecular weight excluding hydrogens is 230 g/mol. The Labute approximate surface area is 112 Å². The molecule has 0 radical (unpaired) electrons. The normalized spacial score (nSPS) is 13.9. The first-order chi connectivity index (χ1) is 9.34. The summed E-state index contributed by atoms with van der Waals surface area (Å²) in [6, 6.07) is 15.1. The van der Waals surface area contributed by atoms with Crippen molar-refractivity contribution in [2.24, 2.45) is 0 Å². The molecule has 0 saturated heterocycles. The summed E-state index contributed by atoms with van der Waals surface area (Å²) in [6.45, 7) is 0. The van der Waals surface area contributed by atoms with Gasteiger partial charge in [-0.3, -0.25) is 0 Å². The first-order valence-corrected chi connectivity index (χ1v) is 6.74. The zero-order valence-electron chi connectivity index (χ0n) is 10.7. The highest BCUT2D eigenvalue weighted by Crippen LogP contribution is 2.35. The predicted molar refractivity (Wildman–Crippen MR) is 83.2 cm³/mol. The molecule has 0 spiro atoms. The molecule has 92 valence electrons. The maximum atomic E-state index is 6.26. The lowest BCUT2D eigenvalue weighted by Crippen LogP contribution is -2.01. The molecule has 1 aliphatic rings. The number of hydrogen-bond donors (Lipinski definition) is 1. The molecule has 3 aromatic carbocycles. The Morgan fingerprint density at radius 1 is 0.895 bits per heavy atom. The molecule has 0 saturated carbocycles. The summed E-state index contributed by atoms with van der Waals surface area (Å²) in [5.41, 5.74) is 9.82. The summed E-state index contributed by atoms with van der Waals surface area (Å²) in [6.07, 6.45) is 6.62. The van der Waals surface area contributed by atoms with Gasteiger partial charge in [0, 0.05) is 5.69 Å². The second kappa shape index (κ2) is 3.86. The van der Waals surface area contributed by atoms with Gasteiger partial charge in [0.25, 0.3) is 0 Å². The second-order valence-corrected chi connectivity index (χ2v) is 5.18. The summed E-state index contributed by atoms with van der Waals surface area (Å²) in [5, 5.41) is 5.14. The third kappa shape index (κ3) is 1.48. The van der Waals surface area contributed by atoms with E-state index in [1.807, 2.05) is 0 Å². The van der Waals surface area contributed by atoms with E-state index < -0.39 is 0 Å². The van der Waals surface area contributed by atoms with E-state index in [0.717, 1.165) is 18.5 Å². The van der Waals surface area contributed by atoms with E-state index in [1.54, 1.807) is 0 Å². The van der Waals surface area contributed by atoms with Crippen LogP contribution in [0.15, 0.2) is 48.5 Å². The van der Waals surface area contributed by atoms with Crippen molar-refractivity contribution in [3.05, 3.63) is 59.7 Å². The number of allylic oxidation sites excluding steroid dienone is 1. The highest BCUT2D eigenvalue weighted by Gasteiger charge is 2.13. The fourth-order valence-corrected chi connectivity index (χ4v) is 3.14. The molecular formula is C18H15N. The predicted octanol–water partition coefficient (Wildman–Crippen LogP) is 4.53. The molecule has 19 heavy (non-hydrogen) atoms. The SMILES string of the molecule is Nc1cc2c(ccc3ccccc32)c2c1CCC=C2. The fraction of sp³-hybridized carbons (Fsp3) is 0.111. The van der Waals surface area contributed by atoms with E-state index in [2.05, 4.69) is 54.6 Å². The van der Waals surface area contributed by atoms with Gasteiger partial charge < -0.3 is 5.73 Å². The van der Waals surface area contributed by atoms with Gasteiger partial charge in [-0.25, -0.2) is 0 Å². The third-order valence-electron chi connectivity index (χ3n) is 4.08. The molecule has 1 nitrogen and oxygen atoms in total. The average molecular weight is 245 g/mol. The molecule has 0 aliphatic heterocycles. The largest absolute Gasteiger partial charge is 0.398 e. The first kappa shape index (κ1) is 10.6. The lowest BCUT2D eigenvalue weighted by molar-refractivity contribution is 0.993. The Hall–Kier alpha value is -2.28. The second-order valence-electron chi connectivity index (χ2n) is 5.18. The number of anilines is 1. The Bertz CT molecular complexity index is 828. The number of hydrogen-bond acceptors (Lipinski definition) is 1. The van der Waals surface area contributed by atoms with Crippen LogP contribution in [-0.4, -0.2) is 0 Å². The number of nitrogen functional groups attached to an aromatic ring is 1. The highest BCUT2D eigenvalue weighted by atomic mass is 14.6. The standard InChI is InChI=1S/C18H15N/c19-18-11-17-13-6-2-1-5-12(13)9-10-15(17)14-7-3-4-8-16(14)18/h1-3,5-7,9-11H,4,8,19H2. The van der Waals surface area contributed by atoms with Gasteiger partial charge in [0.05, 0.1) is 0 Å². The van der Waals surface area contributed by atoms with Gasteiger partial charge in [0.15, 0.2) is 0 Å². The van der Waals surface area contributed by atoms with Crippen molar-refractivity contribution in [3.8, 4) is 0 Å². The summed E-state index contributed by atoms with van der Waals surface area (Å²) in [4.78, 5) is 0. The molecule has 1 heteroatoms. The number of nitrogens with two attached hydrogens (primary N) is 1. The van der Waals surface area contributed by atoms with E-state index in [1.165, 1.54) is 32.7 Å². The van der Waals surface area contributed by atoms with Gasteiger partial charge in [-0.1, -0.05) is 48.6 Å². The molecule has 0 fully saturated rings. The number of fused-ring (bicyclic) bond motifs is 5.